The molecule has 23 heavy (non-hydrogen) atoms. The first-order valence-electron chi connectivity index (χ1n) is 8.10. The summed E-state index contributed by atoms with van der Waals surface area (Å²) in [5, 5.41) is 0.785. The number of ether oxygens (including phenoxy) is 1. The van der Waals surface area contributed by atoms with E-state index in [1.165, 1.54) is 0 Å². The summed E-state index contributed by atoms with van der Waals surface area (Å²) in [5.74, 6) is 0.104. The highest BCUT2D eigenvalue weighted by atomic mass is 32.1. The van der Waals surface area contributed by atoms with Crippen LogP contribution in [-0.2, 0) is 9.53 Å². The third-order valence-corrected chi connectivity index (χ3v) is 5.04. The quantitative estimate of drug-likeness (QED) is 0.863. The average molecular weight is 333 g/mol. The summed E-state index contributed by atoms with van der Waals surface area (Å²) in [4.78, 5) is 21.3. The molecule has 0 radical (unpaired) electrons. The van der Waals surface area contributed by atoms with Gasteiger partial charge in [-0.15, -0.1) is 0 Å². The van der Waals surface area contributed by atoms with Crippen LogP contribution >= 0.6 is 11.3 Å². The molecule has 2 aromatic rings. The second kappa shape index (κ2) is 6.95. The normalized spacial score (nSPS) is 22.4. The molecule has 3 rings (SSSR count). The van der Waals surface area contributed by atoms with Crippen LogP contribution in [0.15, 0.2) is 24.3 Å². The fraction of sp³-hybridized carbons (Fsp3) is 0.529. The van der Waals surface area contributed by atoms with Crippen molar-refractivity contribution in [2.45, 2.75) is 33.0 Å². The van der Waals surface area contributed by atoms with E-state index in [1.54, 1.807) is 16.2 Å². The number of para-hydroxylation sites is 1. The maximum atomic E-state index is 12.7. The van der Waals surface area contributed by atoms with Crippen LogP contribution in [-0.4, -0.2) is 54.2 Å². The highest BCUT2D eigenvalue weighted by molar-refractivity contribution is 7.22. The minimum absolute atomic E-state index is 0.104. The van der Waals surface area contributed by atoms with Crippen molar-refractivity contribution in [2.24, 2.45) is 0 Å². The molecular formula is C17H23N3O2S. The van der Waals surface area contributed by atoms with E-state index in [9.17, 15) is 4.79 Å². The van der Waals surface area contributed by atoms with Crippen molar-refractivity contribution in [3.63, 3.8) is 0 Å². The lowest BCUT2D eigenvalue weighted by Gasteiger charge is -2.35. The van der Waals surface area contributed by atoms with E-state index < -0.39 is 0 Å². The average Bonchev–Trinajstić information content (AvgIpc) is 2.90. The summed E-state index contributed by atoms with van der Waals surface area (Å²) in [5.41, 5.74) is 0.951. The Morgan fingerprint density at radius 1 is 1.35 bits per heavy atom. The van der Waals surface area contributed by atoms with Gasteiger partial charge >= 0.3 is 0 Å². The smallest absolute Gasteiger partial charge is 0.242 e. The van der Waals surface area contributed by atoms with E-state index in [-0.39, 0.29) is 18.1 Å². The molecule has 1 saturated heterocycles. The number of aromatic nitrogens is 1. The Balaban J connectivity index is 1.73. The topological polar surface area (TPSA) is 45.7 Å². The van der Waals surface area contributed by atoms with Crippen LogP contribution in [0.5, 0.6) is 0 Å². The molecule has 1 aliphatic rings. The van der Waals surface area contributed by atoms with Crippen molar-refractivity contribution in [3.05, 3.63) is 24.3 Å². The summed E-state index contributed by atoms with van der Waals surface area (Å²) in [6, 6.07) is 8.00. The highest BCUT2D eigenvalue weighted by Crippen LogP contribution is 2.28. The molecule has 0 N–H and O–H groups in total. The standard InChI is InChI=1S/C17H23N3O2S/c1-4-20(17-18-14-7-5-6-8-15(14)23-17)16(21)11-19-9-12(2)22-13(3)10-19/h5-8,12-13H,4,9-11H2,1-3H3/t12-,13+. The molecule has 1 aromatic carbocycles. The zero-order chi connectivity index (χ0) is 16.4. The summed E-state index contributed by atoms with van der Waals surface area (Å²) >= 11 is 1.57. The second-order valence-corrected chi connectivity index (χ2v) is 7.06. The van der Waals surface area contributed by atoms with Gasteiger partial charge in [-0.2, -0.15) is 0 Å². The number of benzene rings is 1. The Morgan fingerprint density at radius 3 is 2.70 bits per heavy atom. The summed E-state index contributed by atoms with van der Waals surface area (Å²) in [7, 11) is 0. The molecule has 0 aliphatic carbocycles. The van der Waals surface area contributed by atoms with Crippen molar-refractivity contribution < 1.29 is 9.53 Å². The number of hydrogen-bond donors (Lipinski definition) is 0. The van der Waals surface area contributed by atoms with Gasteiger partial charge in [-0.1, -0.05) is 23.5 Å². The minimum Gasteiger partial charge on any atom is -0.373 e. The number of fused-ring (bicyclic) bond motifs is 1. The van der Waals surface area contributed by atoms with Gasteiger partial charge in [-0.05, 0) is 32.9 Å². The number of amides is 1. The zero-order valence-corrected chi connectivity index (χ0v) is 14.7. The van der Waals surface area contributed by atoms with E-state index in [0.717, 1.165) is 28.4 Å². The van der Waals surface area contributed by atoms with Crippen molar-refractivity contribution in [1.29, 1.82) is 0 Å². The fourth-order valence-electron chi connectivity index (χ4n) is 3.08. The number of carbonyl (C=O) groups is 1. The molecule has 2 atom stereocenters. The molecule has 5 nitrogen and oxygen atoms in total. The largest absolute Gasteiger partial charge is 0.373 e. The molecule has 2 heterocycles. The Kier molecular flexibility index (Phi) is 4.94. The molecule has 1 aliphatic heterocycles. The van der Waals surface area contributed by atoms with E-state index in [4.69, 9.17) is 4.74 Å². The number of nitrogens with zero attached hydrogens (tertiary/aromatic N) is 3. The Bertz CT molecular complexity index is 644. The van der Waals surface area contributed by atoms with Crippen LogP contribution in [0, 0.1) is 0 Å². The number of rotatable bonds is 4. The molecule has 124 valence electrons. The molecule has 6 heteroatoms. The monoisotopic (exact) mass is 333 g/mol. The first-order chi connectivity index (χ1) is 11.1. The maximum absolute atomic E-state index is 12.7. The van der Waals surface area contributed by atoms with Gasteiger partial charge in [-0.3, -0.25) is 14.6 Å². The van der Waals surface area contributed by atoms with Gasteiger partial charge in [0.25, 0.3) is 0 Å². The minimum atomic E-state index is 0.104. The Labute approximate surface area is 140 Å². The number of hydrogen-bond acceptors (Lipinski definition) is 5. The van der Waals surface area contributed by atoms with Crippen molar-refractivity contribution in [3.8, 4) is 0 Å². The first-order valence-corrected chi connectivity index (χ1v) is 8.92. The predicted molar refractivity (Wildman–Crippen MR) is 94.1 cm³/mol. The lowest BCUT2D eigenvalue weighted by Crippen LogP contribution is -2.49. The number of likely N-dealkylation sites (N-methyl/N-ethyl adjacent to an activating group) is 1. The van der Waals surface area contributed by atoms with Gasteiger partial charge in [-0.25, -0.2) is 4.98 Å². The second-order valence-electron chi connectivity index (χ2n) is 6.05. The summed E-state index contributed by atoms with van der Waals surface area (Å²) < 4.78 is 6.85. The summed E-state index contributed by atoms with van der Waals surface area (Å²) in [6.45, 7) is 8.75. The molecule has 0 unspecified atom stereocenters. The third-order valence-electron chi connectivity index (χ3n) is 3.98. The van der Waals surface area contributed by atoms with E-state index >= 15 is 0 Å². The SMILES string of the molecule is CCN(C(=O)CN1C[C@@H](C)O[C@@H](C)C1)c1nc2ccccc2s1. The molecule has 0 bridgehead atoms. The van der Waals surface area contributed by atoms with Gasteiger partial charge < -0.3 is 4.74 Å². The molecular weight excluding hydrogens is 310 g/mol. The first kappa shape index (κ1) is 16.4. The van der Waals surface area contributed by atoms with Crippen molar-refractivity contribution in [1.82, 2.24) is 9.88 Å². The van der Waals surface area contributed by atoms with Gasteiger partial charge in [0.15, 0.2) is 5.13 Å². The van der Waals surface area contributed by atoms with Crippen LogP contribution in [0.1, 0.15) is 20.8 Å². The number of thiazole rings is 1. The van der Waals surface area contributed by atoms with Gasteiger partial charge in [0.2, 0.25) is 5.91 Å². The van der Waals surface area contributed by atoms with E-state index in [1.807, 2.05) is 31.2 Å². The molecule has 1 fully saturated rings. The van der Waals surface area contributed by atoms with Crippen LogP contribution in [0.25, 0.3) is 10.2 Å². The van der Waals surface area contributed by atoms with Gasteiger partial charge in [0.05, 0.1) is 29.0 Å². The van der Waals surface area contributed by atoms with E-state index in [2.05, 4.69) is 23.7 Å². The van der Waals surface area contributed by atoms with Gasteiger partial charge in [0, 0.05) is 19.6 Å². The highest BCUT2D eigenvalue weighted by Gasteiger charge is 2.26. The van der Waals surface area contributed by atoms with Crippen LogP contribution in [0.4, 0.5) is 5.13 Å². The fourth-order valence-corrected chi connectivity index (χ4v) is 4.13. The molecule has 0 spiro atoms. The van der Waals surface area contributed by atoms with Crippen LogP contribution in [0.2, 0.25) is 0 Å². The molecule has 0 saturated carbocycles. The van der Waals surface area contributed by atoms with Gasteiger partial charge in [0.1, 0.15) is 0 Å². The Morgan fingerprint density at radius 2 is 2.04 bits per heavy atom. The van der Waals surface area contributed by atoms with Crippen molar-refractivity contribution in [2.75, 3.05) is 31.1 Å². The number of carbonyl (C=O) groups excluding carboxylic acids is 1. The lowest BCUT2D eigenvalue weighted by molar-refractivity contribution is -0.123. The Hall–Kier alpha value is -1.50. The number of anilines is 1. The maximum Gasteiger partial charge on any atom is 0.242 e. The van der Waals surface area contributed by atoms with Crippen LogP contribution in [0.3, 0.4) is 0 Å². The predicted octanol–water partition coefficient (Wildman–Crippen LogP) is 2.76. The van der Waals surface area contributed by atoms with E-state index in [0.29, 0.717) is 13.1 Å². The molecule has 1 aromatic heterocycles. The number of morpholine rings is 1. The lowest BCUT2D eigenvalue weighted by atomic mass is 10.2. The zero-order valence-electron chi connectivity index (χ0n) is 13.9. The third kappa shape index (κ3) is 3.71. The van der Waals surface area contributed by atoms with Crippen molar-refractivity contribution >= 4 is 32.6 Å². The van der Waals surface area contributed by atoms with Crippen LogP contribution < -0.4 is 4.90 Å². The molecule has 1 amide bonds. The summed E-state index contributed by atoms with van der Waals surface area (Å²) in [6.07, 6.45) is 0.341.